The molecule has 2 aliphatic heterocycles. The molecule has 1 aromatic heterocycles. The number of imide groups is 1. The van der Waals surface area contributed by atoms with Crippen molar-refractivity contribution >= 4 is 28.8 Å². The van der Waals surface area contributed by atoms with Crippen molar-refractivity contribution in [2.45, 2.75) is 19.0 Å². The number of likely N-dealkylation sites (tertiary alicyclic amines) is 1. The molecule has 0 spiro atoms. The Kier molecular flexibility index (Phi) is 4.74. The highest BCUT2D eigenvalue weighted by Gasteiger charge is 2.42. The molecule has 0 unspecified atom stereocenters. The smallest absolute Gasteiger partial charge is 0.247 e. The molecule has 1 aromatic carbocycles. The molecule has 2 saturated heterocycles. The number of thiophene rings is 1. The standard InChI is InChI=1S/C19H20FN3O2S/c20-14-3-5-15(6-4-14)21-7-9-22(10-8-21)17-12-18(24)23(19(17)25)13-16-2-1-11-26-16/h1-6,11,17H,7-10,12-13H2/t17-/m0/s1. The summed E-state index contributed by atoms with van der Waals surface area (Å²) in [6.45, 7) is 3.33. The van der Waals surface area contributed by atoms with Crippen molar-refractivity contribution in [1.82, 2.24) is 9.80 Å². The van der Waals surface area contributed by atoms with E-state index < -0.39 is 0 Å². The first kappa shape index (κ1) is 17.2. The zero-order valence-electron chi connectivity index (χ0n) is 14.3. The van der Waals surface area contributed by atoms with Crippen LogP contribution in [0.5, 0.6) is 0 Å². The number of carbonyl (C=O) groups is 2. The molecule has 7 heteroatoms. The molecule has 26 heavy (non-hydrogen) atoms. The summed E-state index contributed by atoms with van der Waals surface area (Å²) < 4.78 is 13.1. The molecule has 0 bridgehead atoms. The fraction of sp³-hybridized carbons (Fsp3) is 0.368. The molecule has 4 rings (SSSR count). The summed E-state index contributed by atoms with van der Waals surface area (Å²) in [4.78, 5) is 31.8. The van der Waals surface area contributed by atoms with Gasteiger partial charge in [0, 0.05) is 36.7 Å². The summed E-state index contributed by atoms with van der Waals surface area (Å²) in [5.74, 6) is -0.415. The van der Waals surface area contributed by atoms with Gasteiger partial charge in [-0.1, -0.05) is 6.07 Å². The van der Waals surface area contributed by atoms with Gasteiger partial charge in [0.25, 0.3) is 0 Å². The molecule has 5 nitrogen and oxygen atoms in total. The van der Waals surface area contributed by atoms with Crippen LogP contribution in [-0.4, -0.2) is 53.8 Å². The molecule has 0 radical (unpaired) electrons. The van der Waals surface area contributed by atoms with Crippen LogP contribution in [0.3, 0.4) is 0 Å². The second-order valence-electron chi connectivity index (χ2n) is 6.62. The molecular weight excluding hydrogens is 353 g/mol. The topological polar surface area (TPSA) is 43.9 Å². The minimum atomic E-state index is -0.349. The monoisotopic (exact) mass is 373 g/mol. The Morgan fingerprint density at radius 1 is 1.04 bits per heavy atom. The van der Waals surface area contributed by atoms with Gasteiger partial charge in [-0.2, -0.15) is 0 Å². The SMILES string of the molecule is O=C1C[C@H](N2CCN(c3ccc(F)cc3)CC2)C(=O)N1Cc1cccs1. The Labute approximate surface area is 155 Å². The van der Waals surface area contributed by atoms with E-state index in [0.29, 0.717) is 19.6 Å². The molecular formula is C19H20FN3O2S. The molecule has 136 valence electrons. The van der Waals surface area contributed by atoms with Crippen LogP contribution in [-0.2, 0) is 16.1 Å². The average Bonchev–Trinajstić information content (AvgIpc) is 3.26. The van der Waals surface area contributed by atoms with Gasteiger partial charge in [-0.15, -0.1) is 11.3 Å². The van der Waals surface area contributed by atoms with Crippen LogP contribution < -0.4 is 4.90 Å². The number of nitrogens with zero attached hydrogens (tertiary/aromatic N) is 3. The van der Waals surface area contributed by atoms with E-state index in [1.807, 2.05) is 17.5 Å². The van der Waals surface area contributed by atoms with Crippen LogP contribution >= 0.6 is 11.3 Å². The van der Waals surface area contributed by atoms with Crippen LogP contribution in [0.2, 0.25) is 0 Å². The lowest BCUT2D eigenvalue weighted by molar-refractivity contribution is -0.140. The van der Waals surface area contributed by atoms with Crippen molar-refractivity contribution in [3.8, 4) is 0 Å². The van der Waals surface area contributed by atoms with E-state index in [9.17, 15) is 14.0 Å². The summed E-state index contributed by atoms with van der Waals surface area (Å²) in [5, 5.41) is 1.95. The third kappa shape index (κ3) is 3.37. The predicted molar refractivity (Wildman–Crippen MR) is 98.5 cm³/mol. The molecule has 2 amide bonds. The number of hydrogen-bond donors (Lipinski definition) is 0. The summed E-state index contributed by atoms with van der Waals surface area (Å²) in [6, 6.07) is 10.00. The lowest BCUT2D eigenvalue weighted by Crippen LogP contribution is -2.52. The zero-order valence-corrected chi connectivity index (χ0v) is 15.1. The van der Waals surface area contributed by atoms with Crippen molar-refractivity contribution < 1.29 is 14.0 Å². The van der Waals surface area contributed by atoms with Gasteiger partial charge in [-0.25, -0.2) is 4.39 Å². The van der Waals surface area contributed by atoms with Crippen LogP contribution in [0.4, 0.5) is 10.1 Å². The highest BCUT2D eigenvalue weighted by Crippen LogP contribution is 2.25. The normalized spacial score (nSPS) is 21.7. The first-order valence-electron chi connectivity index (χ1n) is 8.73. The fourth-order valence-electron chi connectivity index (χ4n) is 3.62. The molecule has 2 aromatic rings. The Morgan fingerprint density at radius 3 is 2.42 bits per heavy atom. The van der Waals surface area contributed by atoms with E-state index >= 15 is 0 Å². The summed E-state index contributed by atoms with van der Waals surface area (Å²) in [6.07, 6.45) is 0.265. The van der Waals surface area contributed by atoms with Crippen LogP contribution in [0.25, 0.3) is 0 Å². The minimum absolute atomic E-state index is 0.0846. The fourth-order valence-corrected chi connectivity index (χ4v) is 4.31. The number of amides is 2. The van der Waals surface area contributed by atoms with Crippen molar-refractivity contribution in [2.75, 3.05) is 31.1 Å². The maximum atomic E-state index is 13.1. The van der Waals surface area contributed by atoms with E-state index in [4.69, 9.17) is 0 Å². The van der Waals surface area contributed by atoms with Crippen molar-refractivity contribution in [1.29, 1.82) is 0 Å². The largest absolute Gasteiger partial charge is 0.369 e. The van der Waals surface area contributed by atoms with Gasteiger partial charge in [0.15, 0.2) is 0 Å². The van der Waals surface area contributed by atoms with Crippen LogP contribution in [0.1, 0.15) is 11.3 Å². The van der Waals surface area contributed by atoms with E-state index in [-0.39, 0.29) is 30.1 Å². The van der Waals surface area contributed by atoms with E-state index in [2.05, 4.69) is 9.80 Å². The first-order chi connectivity index (χ1) is 12.6. The molecule has 2 aliphatic rings. The molecule has 3 heterocycles. The summed E-state index contributed by atoms with van der Waals surface area (Å²) in [5.41, 5.74) is 0.985. The van der Waals surface area contributed by atoms with Crippen molar-refractivity contribution in [2.24, 2.45) is 0 Å². The van der Waals surface area contributed by atoms with Crippen molar-refractivity contribution in [3.05, 3.63) is 52.5 Å². The second-order valence-corrected chi connectivity index (χ2v) is 7.65. The summed E-state index contributed by atoms with van der Waals surface area (Å²) >= 11 is 1.56. The highest BCUT2D eigenvalue weighted by molar-refractivity contribution is 7.09. The number of hydrogen-bond acceptors (Lipinski definition) is 5. The van der Waals surface area contributed by atoms with Gasteiger partial charge in [0.1, 0.15) is 5.82 Å². The highest BCUT2D eigenvalue weighted by atomic mass is 32.1. The van der Waals surface area contributed by atoms with Gasteiger partial charge in [-0.05, 0) is 35.7 Å². The quantitative estimate of drug-likeness (QED) is 0.772. The summed E-state index contributed by atoms with van der Waals surface area (Å²) in [7, 11) is 0. The van der Waals surface area contributed by atoms with E-state index in [1.54, 1.807) is 23.5 Å². The second kappa shape index (κ2) is 7.17. The Hall–Kier alpha value is -2.25. The lowest BCUT2D eigenvalue weighted by atomic mass is 10.1. The average molecular weight is 373 g/mol. The van der Waals surface area contributed by atoms with E-state index in [0.717, 1.165) is 23.7 Å². The first-order valence-corrected chi connectivity index (χ1v) is 9.61. The number of carbonyl (C=O) groups excluding carboxylic acids is 2. The molecule has 0 saturated carbocycles. The Bertz CT molecular complexity index is 786. The van der Waals surface area contributed by atoms with Gasteiger partial charge >= 0.3 is 0 Å². The molecule has 0 aliphatic carbocycles. The molecule has 0 N–H and O–H groups in total. The zero-order chi connectivity index (χ0) is 18.1. The van der Waals surface area contributed by atoms with Gasteiger partial charge in [0.2, 0.25) is 11.8 Å². The van der Waals surface area contributed by atoms with Gasteiger partial charge in [-0.3, -0.25) is 19.4 Å². The Morgan fingerprint density at radius 2 is 1.77 bits per heavy atom. The van der Waals surface area contributed by atoms with Crippen LogP contribution in [0, 0.1) is 5.82 Å². The van der Waals surface area contributed by atoms with Crippen molar-refractivity contribution in [3.63, 3.8) is 0 Å². The number of rotatable bonds is 4. The lowest BCUT2D eigenvalue weighted by Gasteiger charge is -2.38. The number of anilines is 1. The third-order valence-corrected chi connectivity index (χ3v) is 5.92. The molecule has 2 fully saturated rings. The maximum absolute atomic E-state index is 13.1. The molecule has 1 atom stereocenters. The van der Waals surface area contributed by atoms with Gasteiger partial charge in [0.05, 0.1) is 19.0 Å². The van der Waals surface area contributed by atoms with Crippen LogP contribution in [0.15, 0.2) is 41.8 Å². The predicted octanol–water partition coefficient (Wildman–Crippen LogP) is 2.34. The maximum Gasteiger partial charge on any atom is 0.247 e. The third-order valence-electron chi connectivity index (χ3n) is 5.06. The van der Waals surface area contributed by atoms with E-state index in [1.165, 1.54) is 17.0 Å². The number of benzene rings is 1. The Balaban J connectivity index is 1.37. The van der Waals surface area contributed by atoms with Gasteiger partial charge < -0.3 is 4.90 Å². The number of piperazine rings is 1. The number of halogens is 1. The minimum Gasteiger partial charge on any atom is -0.369 e.